The van der Waals surface area contributed by atoms with E-state index in [9.17, 15) is 4.79 Å². The molecule has 0 aliphatic carbocycles. The van der Waals surface area contributed by atoms with Gasteiger partial charge in [0.15, 0.2) is 0 Å². The van der Waals surface area contributed by atoms with Gasteiger partial charge in [0.05, 0.1) is 17.3 Å². The number of nitrogens with one attached hydrogen (secondary N) is 1. The van der Waals surface area contributed by atoms with E-state index in [0.717, 1.165) is 11.4 Å². The largest absolute Gasteiger partial charge is 0.478 e. The number of carboxylic acids is 1. The summed E-state index contributed by atoms with van der Waals surface area (Å²) in [6, 6.07) is 12.5. The Bertz CT molecular complexity index is 523. The number of hydrogen-bond donors (Lipinski definition) is 2. The summed E-state index contributed by atoms with van der Waals surface area (Å²) in [7, 11) is 0. The van der Waals surface area contributed by atoms with Crippen LogP contribution in [0, 0.1) is 0 Å². The Morgan fingerprint density at radius 3 is 2.50 bits per heavy atom. The van der Waals surface area contributed by atoms with Crippen LogP contribution in [0.4, 0.5) is 5.69 Å². The SMILES string of the molecule is CC(Nc1ccc(C(=O)O)cc1)c1ccccn1. The molecule has 0 saturated carbocycles. The van der Waals surface area contributed by atoms with E-state index in [1.54, 1.807) is 30.5 Å². The smallest absolute Gasteiger partial charge is 0.335 e. The second-order valence-corrected chi connectivity index (χ2v) is 4.00. The summed E-state index contributed by atoms with van der Waals surface area (Å²) in [5.74, 6) is -0.917. The van der Waals surface area contributed by atoms with Crippen molar-refractivity contribution < 1.29 is 9.90 Å². The van der Waals surface area contributed by atoms with Gasteiger partial charge in [-0.3, -0.25) is 4.98 Å². The number of carboxylic acid groups (broad SMARTS) is 1. The molecule has 0 radical (unpaired) electrons. The topological polar surface area (TPSA) is 62.2 Å². The predicted molar refractivity (Wildman–Crippen MR) is 69.7 cm³/mol. The molecule has 2 aromatic rings. The first-order valence-corrected chi connectivity index (χ1v) is 5.67. The average molecular weight is 242 g/mol. The first-order valence-electron chi connectivity index (χ1n) is 5.67. The Labute approximate surface area is 105 Å². The third-order valence-electron chi connectivity index (χ3n) is 2.65. The van der Waals surface area contributed by atoms with Gasteiger partial charge in [0.1, 0.15) is 0 Å². The Morgan fingerprint density at radius 2 is 1.94 bits per heavy atom. The van der Waals surface area contributed by atoms with Crippen LogP contribution < -0.4 is 5.32 Å². The van der Waals surface area contributed by atoms with Crippen LogP contribution >= 0.6 is 0 Å². The zero-order chi connectivity index (χ0) is 13.0. The lowest BCUT2D eigenvalue weighted by Gasteiger charge is -2.14. The highest BCUT2D eigenvalue weighted by Crippen LogP contribution is 2.17. The van der Waals surface area contributed by atoms with Gasteiger partial charge in [-0.1, -0.05) is 6.07 Å². The summed E-state index contributed by atoms with van der Waals surface area (Å²) in [5, 5.41) is 12.1. The van der Waals surface area contributed by atoms with Crippen molar-refractivity contribution >= 4 is 11.7 Å². The van der Waals surface area contributed by atoms with E-state index in [4.69, 9.17) is 5.11 Å². The number of benzene rings is 1. The van der Waals surface area contributed by atoms with Gasteiger partial charge in [0, 0.05) is 11.9 Å². The van der Waals surface area contributed by atoms with Gasteiger partial charge >= 0.3 is 5.97 Å². The molecule has 0 bridgehead atoms. The second-order valence-electron chi connectivity index (χ2n) is 4.00. The fourth-order valence-corrected chi connectivity index (χ4v) is 1.67. The normalized spacial score (nSPS) is 11.8. The van der Waals surface area contributed by atoms with Crippen molar-refractivity contribution in [1.82, 2.24) is 4.98 Å². The zero-order valence-electron chi connectivity index (χ0n) is 10.00. The van der Waals surface area contributed by atoms with Gasteiger partial charge in [0.2, 0.25) is 0 Å². The van der Waals surface area contributed by atoms with E-state index >= 15 is 0 Å². The molecular formula is C14H14N2O2. The molecule has 0 fully saturated rings. The van der Waals surface area contributed by atoms with Crippen LogP contribution in [0.1, 0.15) is 29.0 Å². The fourth-order valence-electron chi connectivity index (χ4n) is 1.67. The Kier molecular flexibility index (Phi) is 3.57. The van der Waals surface area contributed by atoms with Crippen LogP contribution in [0.5, 0.6) is 0 Å². The molecule has 4 heteroatoms. The number of carbonyl (C=O) groups is 1. The summed E-state index contributed by atoms with van der Waals surface area (Å²) < 4.78 is 0. The number of anilines is 1. The van der Waals surface area contributed by atoms with E-state index in [1.807, 2.05) is 25.1 Å². The monoisotopic (exact) mass is 242 g/mol. The van der Waals surface area contributed by atoms with E-state index in [2.05, 4.69) is 10.3 Å². The molecule has 1 atom stereocenters. The van der Waals surface area contributed by atoms with Crippen LogP contribution in [-0.2, 0) is 0 Å². The lowest BCUT2D eigenvalue weighted by Crippen LogP contribution is -2.08. The molecule has 0 aliphatic rings. The maximum absolute atomic E-state index is 10.7. The number of nitrogens with zero attached hydrogens (tertiary/aromatic N) is 1. The molecular weight excluding hydrogens is 228 g/mol. The molecule has 1 aromatic carbocycles. The van der Waals surface area contributed by atoms with E-state index < -0.39 is 5.97 Å². The molecule has 2 rings (SSSR count). The van der Waals surface area contributed by atoms with Gasteiger partial charge in [0.25, 0.3) is 0 Å². The number of pyridine rings is 1. The first-order chi connectivity index (χ1) is 8.66. The molecule has 18 heavy (non-hydrogen) atoms. The molecule has 92 valence electrons. The molecule has 0 saturated heterocycles. The molecule has 4 nitrogen and oxygen atoms in total. The van der Waals surface area contributed by atoms with Crippen LogP contribution in [-0.4, -0.2) is 16.1 Å². The van der Waals surface area contributed by atoms with Gasteiger partial charge < -0.3 is 10.4 Å². The van der Waals surface area contributed by atoms with Crippen molar-refractivity contribution in [3.05, 3.63) is 59.9 Å². The number of aromatic nitrogens is 1. The molecule has 0 spiro atoms. The second kappa shape index (κ2) is 5.31. The summed E-state index contributed by atoms with van der Waals surface area (Å²) in [6.45, 7) is 2.01. The van der Waals surface area contributed by atoms with E-state index in [0.29, 0.717) is 0 Å². The van der Waals surface area contributed by atoms with Crippen LogP contribution in [0.2, 0.25) is 0 Å². The summed E-state index contributed by atoms with van der Waals surface area (Å²) in [4.78, 5) is 15.0. The maximum Gasteiger partial charge on any atom is 0.335 e. The maximum atomic E-state index is 10.7. The third-order valence-corrected chi connectivity index (χ3v) is 2.65. The summed E-state index contributed by atoms with van der Waals surface area (Å²) >= 11 is 0. The minimum Gasteiger partial charge on any atom is -0.478 e. The van der Waals surface area contributed by atoms with Gasteiger partial charge in [-0.25, -0.2) is 4.79 Å². The lowest BCUT2D eigenvalue weighted by molar-refractivity contribution is 0.0697. The van der Waals surface area contributed by atoms with Crippen molar-refractivity contribution in [2.45, 2.75) is 13.0 Å². The fraction of sp³-hybridized carbons (Fsp3) is 0.143. The van der Waals surface area contributed by atoms with Gasteiger partial charge in [-0.2, -0.15) is 0 Å². The molecule has 1 aromatic heterocycles. The molecule has 2 N–H and O–H groups in total. The third kappa shape index (κ3) is 2.85. The highest BCUT2D eigenvalue weighted by molar-refractivity contribution is 5.88. The Morgan fingerprint density at radius 1 is 1.22 bits per heavy atom. The number of rotatable bonds is 4. The minimum absolute atomic E-state index is 0.0712. The number of hydrogen-bond acceptors (Lipinski definition) is 3. The predicted octanol–water partition coefficient (Wildman–Crippen LogP) is 2.95. The van der Waals surface area contributed by atoms with E-state index in [-0.39, 0.29) is 11.6 Å². The van der Waals surface area contributed by atoms with Gasteiger partial charge in [-0.15, -0.1) is 0 Å². The highest BCUT2D eigenvalue weighted by Gasteiger charge is 2.06. The number of aromatic carboxylic acids is 1. The summed E-state index contributed by atoms with van der Waals surface area (Å²) in [6.07, 6.45) is 1.75. The van der Waals surface area contributed by atoms with Crippen molar-refractivity contribution in [3.8, 4) is 0 Å². The Balaban J connectivity index is 2.08. The molecule has 0 amide bonds. The van der Waals surface area contributed by atoms with Gasteiger partial charge in [-0.05, 0) is 43.3 Å². The Hall–Kier alpha value is -2.36. The van der Waals surface area contributed by atoms with Crippen LogP contribution in [0.25, 0.3) is 0 Å². The quantitative estimate of drug-likeness (QED) is 0.865. The van der Waals surface area contributed by atoms with Crippen molar-refractivity contribution in [2.24, 2.45) is 0 Å². The van der Waals surface area contributed by atoms with Crippen molar-refractivity contribution in [2.75, 3.05) is 5.32 Å². The lowest BCUT2D eigenvalue weighted by atomic mass is 10.1. The van der Waals surface area contributed by atoms with Crippen LogP contribution in [0.15, 0.2) is 48.7 Å². The average Bonchev–Trinajstić information content (AvgIpc) is 2.40. The molecule has 0 aliphatic heterocycles. The standard InChI is InChI=1S/C14H14N2O2/c1-10(13-4-2-3-9-15-13)16-12-7-5-11(6-8-12)14(17)18/h2-10,16H,1H3,(H,17,18). The van der Waals surface area contributed by atoms with Crippen LogP contribution in [0.3, 0.4) is 0 Å². The first kappa shape index (κ1) is 12.1. The zero-order valence-corrected chi connectivity index (χ0v) is 10.00. The summed E-state index contributed by atoms with van der Waals surface area (Å²) in [5.41, 5.74) is 2.10. The van der Waals surface area contributed by atoms with Crippen molar-refractivity contribution in [1.29, 1.82) is 0 Å². The van der Waals surface area contributed by atoms with Crippen molar-refractivity contribution in [3.63, 3.8) is 0 Å². The minimum atomic E-state index is -0.917. The highest BCUT2D eigenvalue weighted by atomic mass is 16.4. The van der Waals surface area contributed by atoms with E-state index in [1.165, 1.54) is 0 Å². The molecule has 1 heterocycles. The molecule has 1 unspecified atom stereocenters.